The van der Waals surface area contributed by atoms with E-state index >= 15 is 0 Å². The lowest BCUT2D eigenvalue weighted by Gasteiger charge is -2.39. The number of morpholine rings is 1. The Balaban J connectivity index is 1.57. The first-order valence-electron chi connectivity index (χ1n) is 11.6. The van der Waals surface area contributed by atoms with Gasteiger partial charge in [-0.2, -0.15) is 4.98 Å². The third-order valence-corrected chi connectivity index (χ3v) is 7.55. The molecule has 5 rings (SSSR count). The predicted molar refractivity (Wildman–Crippen MR) is 132 cm³/mol. The molecule has 34 heavy (non-hydrogen) atoms. The third kappa shape index (κ3) is 4.26. The van der Waals surface area contributed by atoms with Crippen LogP contribution in [0.4, 0.5) is 11.8 Å². The van der Waals surface area contributed by atoms with Crippen LogP contribution in [0.2, 0.25) is 0 Å². The number of carboxylic acid groups (broad SMARTS) is 1. The Morgan fingerprint density at radius 1 is 1.38 bits per heavy atom. The smallest absolute Gasteiger partial charge is 0.337 e. The Bertz CT molecular complexity index is 1220. The normalized spacial score (nSPS) is 23.2. The number of para-hydroxylation sites is 1. The second-order valence-electron chi connectivity index (χ2n) is 8.71. The van der Waals surface area contributed by atoms with Crippen molar-refractivity contribution in [3.05, 3.63) is 34.6 Å². The maximum Gasteiger partial charge on any atom is 0.337 e. The Labute approximate surface area is 200 Å². The first-order chi connectivity index (χ1) is 16.5. The molecule has 4 heterocycles. The molecule has 3 aromatic rings. The van der Waals surface area contributed by atoms with Gasteiger partial charge in [0.25, 0.3) is 5.56 Å². The first-order valence-corrected chi connectivity index (χ1v) is 12.4. The number of aromatic nitrogens is 3. The molecule has 10 nitrogen and oxygen atoms in total. The topological polar surface area (TPSA) is 132 Å². The van der Waals surface area contributed by atoms with Gasteiger partial charge in [0.15, 0.2) is 5.60 Å². The molecule has 2 fully saturated rings. The number of thiazole rings is 1. The molecule has 4 N–H and O–H groups in total. The number of ether oxygens (including phenoxy) is 1. The Morgan fingerprint density at radius 2 is 2.24 bits per heavy atom. The van der Waals surface area contributed by atoms with Gasteiger partial charge in [0.2, 0.25) is 5.95 Å². The number of aromatic amines is 1. The van der Waals surface area contributed by atoms with Crippen molar-refractivity contribution in [1.82, 2.24) is 20.3 Å². The number of nitrogens with zero attached hydrogens (tertiary/aromatic N) is 3. The summed E-state index contributed by atoms with van der Waals surface area (Å²) in [5, 5.41) is 17.2. The number of anilines is 2. The van der Waals surface area contributed by atoms with Crippen LogP contribution in [0.5, 0.6) is 0 Å². The van der Waals surface area contributed by atoms with Crippen LogP contribution in [0.15, 0.2) is 29.1 Å². The minimum Gasteiger partial charge on any atom is -0.479 e. The molecule has 1 unspecified atom stereocenters. The van der Waals surface area contributed by atoms with E-state index in [9.17, 15) is 14.7 Å². The van der Waals surface area contributed by atoms with E-state index in [1.807, 2.05) is 24.3 Å². The maximum absolute atomic E-state index is 13.4. The summed E-state index contributed by atoms with van der Waals surface area (Å²) in [4.78, 5) is 39.5. The lowest BCUT2D eigenvalue weighted by atomic mass is 9.98. The lowest BCUT2D eigenvalue weighted by Crippen LogP contribution is -2.57. The van der Waals surface area contributed by atoms with Gasteiger partial charge in [-0.15, -0.1) is 11.3 Å². The van der Waals surface area contributed by atoms with E-state index < -0.39 is 11.6 Å². The summed E-state index contributed by atoms with van der Waals surface area (Å²) < 4.78 is 6.64. The van der Waals surface area contributed by atoms with E-state index in [1.54, 1.807) is 11.8 Å². The second-order valence-corrected chi connectivity index (χ2v) is 9.74. The SMILES string of the molecule is CCC1(C(=O)O)CN(c2nc(N[C@@H]3CCCNC3)c(-c3nc4ccccc4s3)c(=O)[nH]2)CCO1. The molecule has 2 saturated heterocycles. The largest absolute Gasteiger partial charge is 0.479 e. The van der Waals surface area contributed by atoms with Crippen LogP contribution < -0.4 is 21.1 Å². The molecule has 0 bridgehead atoms. The monoisotopic (exact) mass is 484 g/mol. The van der Waals surface area contributed by atoms with Crippen LogP contribution in [-0.2, 0) is 9.53 Å². The molecule has 2 aliphatic rings. The minimum absolute atomic E-state index is 0.104. The van der Waals surface area contributed by atoms with E-state index in [0.717, 1.165) is 36.1 Å². The van der Waals surface area contributed by atoms with Gasteiger partial charge in [-0.05, 0) is 37.9 Å². The standard InChI is InChI=1S/C23H28N6O4S/c1-2-23(21(31)32)13-29(10-11-33-23)22-27-18(25-14-6-5-9-24-12-14)17(19(30)28-22)20-26-15-7-3-4-8-16(15)34-20/h3-4,7-8,14,24H,2,5-6,9-13H2,1H3,(H,31,32)(H2,25,27,28,30)/t14-,23?/m1/s1. The molecule has 0 aliphatic carbocycles. The van der Waals surface area contributed by atoms with Gasteiger partial charge < -0.3 is 25.4 Å². The molecule has 0 amide bonds. The maximum atomic E-state index is 13.4. The summed E-state index contributed by atoms with van der Waals surface area (Å²) in [5.74, 6) is -0.210. The number of fused-ring (bicyclic) bond motifs is 1. The zero-order chi connectivity index (χ0) is 23.7. The molecule has 2 aliphatic heterocycles. The summed E-state index contributed by atoms with van der Waals surface area (Å²) >= 11 is 1.45. The zero-order valence-electron chi connectivity index (χ0n) is 19.0. The van der Waals surface area contributed by atoms with Crippen LogP contribution in [-0.4, -0.2) is 70.5 Å². The summed E-state index contributed by atoms with van der Waals surface area (Å²) in [6.45, 7) is 4.30. The van der Waals surface area contributed by atoms with Crippen LogP contribution in [0.3, 0.4) is 0 Å². The number of rotatable bonds is 6. The highest BCUT2D eigenvalue weighted by atomic mass is 32.1. The summed E-state index contributed by atoms with van der Waals surface area (Å²) in [7, 11) is 0. The molecular formula is C23H28N6O4S. The van der Waals surface area contributed by atoms with Crippen LogP contribution in [0.1, 0.15) is 26.2 Å². The van der Waals surface area contributed by atoms with Crippen molar-refractivity contribution in [2.75, 3.05) is 43.0 Å². The van der Waals surface area contributed by atoms with Crippen molar-refractivity contribution < 1.29 is 14.6 Å². The number of carbonyl (C=O) groups is 1. The van der Waals surface area contributed by atoms with E-state index in [1.165, 1.54) is 11.3 Å². The van der Waals surface area contributed by atoms with Gasteiger partial charge in [-0.3, -0.25) is 9.78 Å². The molecule has 1 aromatic carbocycles. The highest BCUT2D eigenvalue weighted by molar-refractivity contribution is 7.21. The Morgan fingerprint density at radius 3 is 2.97 bits per heavy atom. The van der Waals surface area contributed by atoms with E-state index in [4.69, 9.17) is 14.7 Å². The van der Waals surface area contributed by atoms with Crippen molar-refractivity contribution in [1.29, 1.82) is 0 Å². The summed E-state index contributed by atoms with van der Waals surface area (Å²) in [6, 6.07) is 7.90. The number of piperidine rings is 1. The first kappa shape index (κ1) is 22.8. The van der Waals surface area contributed by atoms with Crippen molar-refractivity contribution >= 4 is 39.3 Å². The van der Waals surface area contributed by atoms with E-state index in [-0.39, 0.29) is 24.8 Å². The third-order valence-electron chi connectivity index (χ3n) is 6.50. The van der Waals surface area contributed by atoms with Crippen molar-refractivity contribution in [2.45, 2.75) is 37.8 Å². The number of carboxylic acids is 1. The van der Waals surface area contributed by atoms with Crippen molar-refractivity contribution in [2.24, 2.45) is 0 Å². The number of benzene rings is 1. The van der Waals surface area contributed by atoms with E-state index in [2.05, 4.69) is 15.6 Å². The molecule has 0 radical (unpaired) electrons. The van der Waals surface area contributed by atoms with Gasteiger partial charge in [0.05, 0.1) is 23.4 Å². The number of nitrogens with one attached hydrogen (secondary N) is 3. The molecule has 0 spiro atoms. The fourth-order valence-electron chi connectivity index (χ4n) is 4.52. The average molecular weight is 485 g/mol. The molecule has 11 heteroatoms. The summed E-state index contributed by atoms with van der Waals surface area (Å²) in [6.07, 6.45) is 2.31. The predicted octanol–water partition coefficient (Wildman–Crippen LogP) is 2.28. The fourth-order valence-corrected chi connectivity index (χ4v) is 5.53. The van der Waals surface area contributed by atoms with Gasteiger partial charge in [0, 0.05) is 19.1 Å². The van der Waals surface area contributed by atoms with Crippen molar-refractivity contribution in [3.8, 4) is 10.6 Å². The van der Waals surface area contributed by atoms with Gasteiger partial charge in [-0.1, -0.05) is 19.1 Å². The quantitative estimate of drug-likeness (QED) is 0.416. The van der Waals surface area contributed by atoms with E-state index in [0.29, 0.717) is 35.3 Å². The average Bonchev–Trinajstić information content (AvgIpc) is 3.28. The molecule has 2 aromatic heterocycles. The van der Waals surface area contributed by atoms with Crippen molar-refractivity contribution in [3.63, 3.8) is 0 Å². The van der Waals surface area contributed by atoms with Gasteiger partial charge in [-0.25, -0.2) is 9.78 Å². The Kier molecular flexibility index (Phi) is 6.24. The minimum atomic E-state index is -1.33. The second kappa shape index (κ2) is 9.32. The number of hydrogen-bond donors (Lipinski definition) is 4. The van der Waals surface area contributed by atoms with Gasteiger partial charge >= 0.3 is 5.97 Å². The summed E-state index contributed by atoms with van der Waals surface area (Å²) in [5.41, 5.74) is -0.398. The van der Waals surface area contributed by atoms with Crippen LogP contribution in [0.25, 0.3) is 20.8 Å². The van der Waals surface area contributed by atoms with Crippen LogP contribution in [0, 0.1) is 0 Å². The molecule has 180 valence electrons. The Hall–Kier alpha value is -3.02. The lowest BCUT2D eigenvalue weighted by molar-refractivity contribution is -0.168. The van der Waals surface area contributed by atoms with Gasteiger partial charge in [0.1, 0.15) is 16.4 Å². The number of aliphatic carboxylic acids is 1. The highest BCUT2D eigenvalue weighted by Gasteiger charge is 2.43. The van der Waals surface area contributed by atoms with Crippen LogP contribution >= 0.6 is 11.3 Å². The highest BCUT2D eigenvalue weighted by Crippen LogP contribution is 2.33. The number of hydrogen-bond acceptors (Lipinski definition) is 9. The fraction of sp³-hybridized carbons (Fsp3) is 0.478. The molecular weight excluding hydrogens is 456 g/mol. The molecule has 0 saturated carbocycles. The number of H-pyrrole nitrogens is 1. The molecule has 2 atom stereocenters. The zero-order valence-corrected chi connectivity index (χ0v) is 19.8.